The minimum absolute atomic E-state index is 0. The van der Waals surface area contributed by atoms with E-state index in [0.717, 1.165) is 11.3 Å². The van der Waals surface area contributed by atoms with Crippen molar-refractivity contribution in [1.29, 1.82) is 0 Å². The quantitative estimate of drug-likeness (QED) is 0.112. The predicted molar refractivity (Wildman–Crippen MR) is 208 cm³/mol. The van der Waals surface area contributed by atoms with Gasteiger partial charge in [0.2, 0.25) is 0 Å². The fraction of sp³-hybridized carbons (Fsp3) is 0.455. The Morgan fingerprint density at radius 1 is 0.939 bits per heavy atom. The van der Waals surface area contributed by atoms with Crippen molar-refractivity contribution in [2.24, 2.45) is 10.8 Å². The number of rotatable bonds is 3. The molecule has 0 unspecified atom stereocenters. The summed E-state index contributed by atoms with van der Waals surface area (Å²) in [6.07, 6.45) is 5.80. The summed E-state index contributed by atoms with van der Waals surface area (Å²) in [4.78, 5) is 16.4. The number of fused-ring (bicyclic) bond motifs is 5. The van der Waals surface area contributed by atoms with Gasteiger partial charge >= 0.3 is 0 Å². The Bertz CT molecular complexity index is 2060. The van der Waals surface area contributed by atoms with Gasteiger partial charge in [0.15, 0.2) is 5.78 Å². The van der Waals surface area contributed by atoms with Gasteiger partial charge in [0.1, 0.15) is 5.76 Å². The zero-order chi connectivity index (χ0) is 35.6. The molecule has 1 radical (unpaired) electrons. The van der Waals surface area contributed by atoms with Crippen LogP contribution in [0.2, 0.25) is 0 Å². The Morgan fingerprint density at radius 3 is 2.18 bits per heavy atom. The standard InChI is InChI=1S/C33H34NS.C11H20O2.Ir/c1-19(2)25-17-22(16-21-10-8-9-11-23(21)25)30-31-24(12-15-34-30)28-20(3)29-26(18-27(28)35-31)32(4,5)13-14-33(29,6)7;1-10(2,3)8(12)7-9(13)11(4,5)6;/h8-12,15,17-19H,13-14H2,1-7H3;7,12H,1-6H3;/q-1;;/b;8-7-;. The van der Waals surface area contributed by atoms with E-state index in [4.69, 9.17) is 4.98 Å². The largest absolute Gasteiger partial charge is 0.512 e. The molecule has 263 valence electrons. The third-order valence-electron chi connectivity index (χ3n) is 10.2. The molecule has 5 aromatic rings. The minimum Gasteiger partial charge on any atom is -0.512 e. The summed E-state index contributed by atoms with van der Waals surface area (Å²) in [5, 5.41) is 14.8. The summed E-state index contributed by atoms with van der Waals surface area (Å²) in [5.74, 6) is 0.542. The number of aliphatic hydroxyl groups excluding tert-OH is 1. The third-order valence-corrected chi connectivity index (χ3v) is 11.3. The number of hydrogen-bond donors (Lipinski definition) is 1. The van der Waals surface area contributed by atoms with Gasteiger partial charge < -0.3 is 5.11 Å². The molecule has 0 saturated heterocycles. The summed E-state index contributed by atoms with van der Waals surface area (Å²) >= 11 is 1.91. The number of nitrogens with zero attached hydrogens (tertiary/aromatic N) is 1. The first-order valence-corrected chi connectivity index (χ1v) is 18.2. The van der Waals surface area contributed by atoms with Crippen LogP contribution in [0.5, 0.6) is 0 Å². The maximum atomic E-state index is 11.5. The number of carbonyl (C=O) groups excluding carboxylic acids is 1. The molecule has 1 N–H and O–H groups in total. The van der Waals surface area contributed by atoms with Gasteiger partial charge in [0, 0.05) is 63.7 Å². The number of thiophene rings is 1. The molecule has 5 heteroatoms. The SMILES string of the molecule is CC(C)(C)C(=O)/C=C(\O)C(C)(C)C.Cc1c2c(cc3sc4c(-c5[c-]c6ccccc6c(C(C)C)c5)nccc4c13)C(C)(C)CCC2(C)C.[Ir]. The molecule has 0 spiro atoms. The van der Waals surface area contributed by atoms with E-state index in [1.54, 1.807) is 11.1 Å². The van der Waals surface area contributed by atoms with Crippen molar-refractivity contribution < 1.29 is 30.0 Å². The van der Waals surface area contributed by atoms with E-state index in [0.29, 0.717) is 5.92 Å². The van der Waals surface area contributed by atoms with E-state index in [1.807, 2.05) is 59.1 Å². The average Bonchev–Trinajstić information content (AvgIpc) is 3.37. The number of hydrogen-bond acceptors (Lipinski definition) is 4. The molecule has 2 heterocycles. The molecule has 1 aliphatic carbocycles. The van der Waals surface area contributed by atoms with Gasteiger partial charge in [0.05, 0.1) is 0 Å². The molecule has 2 aromatic heterocycles. The number of allylic oxidation sites excluding steroid dienone is 2. The molecule has 0 bridgehead atoms. The van der Waals surface area contributed by atoms with Crippen molar-refractivity contribution in [3.63, 3.8) is 0 Å². The second-order valence-electron chi connectivity index (χ2n) is 17.4. The van der Waals surface area contributed by atoms with Crippen molar-refractivity contribution >= 4 is 48.1 Å². The first kappa shape index (κ1) is 38.9. The van der Waals surface area contributed by atoms with Crippen LogP contribution in [0.3, 0.4) is 0 Å². The summed E-state index contributed by atoms with van der Waals surface area (Å²) < 4.78 is 2.67. The van der Waals surface area contributed by atoms with Crippen LogP contribution in [-0.2, 0) is 35.7 Å². The van der Waals surface area contributed by atoms with E-state index < -0.39 is 5.41 Å². The van der Waals surface area contributed by atoms with E-state index >= 15 is 0 Å². The normalized spacial score (nSPS) is 15.9. The second kappa shape index (κ2) is 13.7. The van der Waals surface area contributed by atoms with Crippen LogP contribution >= 0.6 is 11.3 Å². The van der Waals surface area contributed by atoms with Gasteiger partial charge in [-0.25, -0.2) is 0 Å². The van der Waals surface area contributed by atoms with Crippen molar-refractivity contribution in [3.8, 4) is 11.3 Å². The van der Waals surface area contributed by atoms with Crippen LogP contribution in [0, 0.1) is 23.8 Å². The topological polar surface area (TPSA) is 50.2 Å². The van der Waals surface area contributed by atoms with Gasteiger partial charge in [-0.3, -0.25) is 9.78 Å². The van der Waals surface area contributed by atoms with E-state index in [-0.39, 0.29) is 47.9 Å². The maximum Gasteiger partial charge on any atom is 0.164 e. The van der Waals surface area contributed by atoms with Gasteiger partial charge in [-0.05, 0) is 70.7 Å². The number of carbonyl (C=O) groups is 1. The molecule has 6 rings (SSSR count). The molecule has 3 aromatic carbocycles. The molecule has 1 aliphatic rings. The van der Waals surface area contributed by atoms with Crippen molar-refractivity contribution in [2.45, 2.75) is 120 Å². The van der Waals surface area contributed by atoms with E-state index in [9.17, 15) is 9.90 Å². The molecule has 0 fully saturated rings. The zero-order valence-corrected chi connectivity index (χ0v) is 34.9. The van der Waals surface area contributed by atoms with Crippen LogP contribution in [-0.4, -0.2) is 15.9 Å². The minimum atomic E-state index is -0.417. The van der Waals surface area contributed by atoms with Crippen molar-refractivity contribution in [1.82, 2.24) is 4.98 Å². The summed E-state index contributed by atoms with van der Waals surface area (Å²) in [5.41, 5.74) is 7.75. The molecule has 0 aliphatic heterocycles. The Hall–Kier alpha value is -2.85. The Kier molecular flexibility index (Phi) is 10.9. The fourth-order valence-corrected chi connectivity index (χ4v) is 8.27. The summed E-state index contributed by atoms with van der Waals surface area (Å²) in [6, 6.07) is 19.4. The zero-order valence-electron chi connectivity index (χ0n) is 31.7. The first-order chi connectivity index (χ1) is 22.1. The van der Waals surface area contributed by atoms with Crippen LogP contribution in [0.25, 0.3) is 42.2 Å². The Balaban J connectivity index is 0.000000332. The van der Waals surface area contributed by atoms with Gasteiger partial charge in [-0.15, -0.1) is 40.5 Å². The van der Waals surface area contributed by atoms with Crippen LogP contribution < -0.4 is 0 Å². The molecular formula is C44H54IrNO2S-. The smallest absolute Gasteiger partial charge is 0.164 e. The third kappa shape index (κ3) is 7.60. The number of benzene rings is 3. The molecule has 0 saturated carbocycles. The van der Waals surface area contributed by atoms with Crippen LogP contribution in [0.15, 0.2) is 60.5 Å². The number of aromatic nitrogens is 1. The number of ketones is 1. The van der Waals surface area contributed by atoms with E-state index in [2.05, 4.69) is 97.0 Å². The summed E-state index contributed by atoms with van der Waals surface area (Å²) in [7, 11) is 0. The predicted octanol–water partition coefficient (Wildman–Crippen LogP) is 12.9. The Morgan fingerprint density at radius 2 is 1.57 bits per heavy atom. The maximum absolute atomic E-state index is 11.5. The van der Waals surface area contributed by atoms with Gasteiger partial charge in [-0.2, -0.15) is 0 Å². The molecule has 3 nitrogen and oxygen atoms in total. The summed E-state index contributed by atoms with van der Waals surface area (Å²) in [6.45, 7) is 27.7. The van der Waals surface area contributed by atoms with Crippen molar-refractivity contribution in [3.05, 3.63) is 88.8 Å². The number of aliphatic hydroxyl groups is 1. The molecule has 0 amide bonds. The molecule has 49 heavy (non-hydrogen) atoms. The fourth-order valence-electron chi connectivity index (χ4n) is 6.96. The average molecular weight is 853 g/mol. The van der Waals surface area contributed by atoms with Crippen LogP contribution in [0.1, 0.15) is 124 Å². The van der Waals surface area contributed by atoms with E-state index in [1.165, 1.54) is 61.0 Å². The number of pyridine rings is 1. The van der Waals surface area contributed by atoms with Gasteiger partial charge in [0.25, 0.3) is 0 Å². The number of aryl methyl sites for hydroxylation is 1. The Labute approximate surface area is 312 Å². The van der Waals surface area contributed by atoms with Crippen molar-refractivity contribution in [2.75, 3.05) is 0 Å². The molecule has 0 atom stereocenters. The monoisotopic (exact) mass is 853 g/mol. The first-order valence-electron chi connectivity index (χ1n) is 17.4. The van der Waals surface area contributed by atoms with Crippen LogP contribution in [0.4, 0.5) is 0 Å². The molecular weight excluding hydrogens is 799 g/mol. The van der Waals surface area contributed by atoms with Gasteiger partial charge in [-0.1, -0.05) is 112 Å². The second-order valence-corrected chi connectivity index (χ2v) is 18.5.